The lowest BCUT2D eigenvalue weighted by Crippen LogP contribution is -2.41. The lowest BCUT2D eigenvalue weighted by Gasteiger charge is -2.31. The Bertz CT molecular complexity index is 4190. The van der Waals surface area contributed by atoms with Crippen molar-refractivity contribution in [3.05, 3.63) is 183 Å². The molecule has 2 aromatic heterocycles. The summed E-state index contributed by atoms with van der Waals surface area (Å²) in [7, 11) is 0. The van der Waals surface area contributed by atoms with Gasteiger partial charge in [-0.05, 0) is 216 Å². The second kappa shape index (κ2) is 32.9. The Labute approximate surface area is 581 Å². The van der Waals surface area contributed by atoms with Crippen molar-refractivity contribution < 1.29 is 90.5 Å². The van der Waals surface area contributed by atoms with Crippen LogP contribution < -0.4 is 21.8 Å². The van der Waals surface area contributed by atoms with Gasteiger partial charge in [-0.1, -0.05) is 52.0 Å². The van der Waals surface area contributed by atoms with Crippen molar-refractivity contribution in [3.63, 3.8) is 0 Å². The fourth-order valence-electron chi connectivity index (χ4n) is 12.8. The van der Waals surface area contributed by atoms with Gasteiger partial charge in [0.15, 0.2) is 0 Å². The van der Waals surface area contributed by atoms with Crippen LogP contribution >= 0.6 is 0 Å². The molecule has 2 fully saturated rings. The maximum atomic E-state index is 16.1. The van der Waals surface area contributed by atoms with Gasteiger partial charge >= 0.3 is 36.6 Å². The van der Waals surface area contributed by atoms with Crippen molar-refractivity contribution in [2.45, 2.75) is 176 Å². The molecule has 2 aliphatic rings. The molecule has 14 nitrogen and oxygen atoms in total. The molecule has 2 aliphatic heterocycles. The smallest absolute Gasteiger partial charge is 0.419 e. The molecule has 0 spiro atoms. The van der Waals surface area contributed by atoms with Crippen LogP contribution in [0.25, 0.3) is 22.3 Å². The van der Waals surface area contributed by atoms with Crippen LogP contribution in [0.5, 0.6) is 0 Å². The number of carboxylic acid groups (broad SMARTS) is 1. The number of ether oxygens (including phenoxy) is 1. The van der Waals surface area contributed by atoms with Crippen molar-refractivity contribution in [2.75, 3.05) is 45.9 Å². The first kappa shape index (κ1) is 80.9. The van der Waals surface area contributed by atoms with E-state index in [4.69, 9.17) is 4.74 Å². The third-order valence-corrected chi connectivity index (χ3v) is 18.6. The number of amides is 2. The summed E-state index contributed by atoms with van der Waals surface area (Å²) in [4.78, 5) is 83.4. The number of aliphatic carboxylic acids is 1. The van der Waals surface area contributed by atoms with Gasteiger partial charge in [-0.25, -0.2) is 8.78 Å². The molecule has 0 unspecified atom stereocenters. The number of carboxylic acids is 1. The lowest BCUT2D eigenvalue weighted by molar-refractivity contribution is -0.144. The molecule has 4 atom stereocenters. The highest BCUT2D eigenvalue weighted by molar-refractivity contribution is 5.83. The summed E-state index contributed by atoms with van der Waals surface area (Å²) in [6, 6.07) is 4.81. The summed E-state index contributed by atoms with van der Waals surface area (Å²) in [5.74, 6) is -8.72. The van der Waals surface area contributed by atoms with E-state index in [1.54, 1.807) is 93.5 Å². The van der Waals surface area contributed by atoms with E-state index < -0.39 is 142 Å². The number of halogens is 14. The van der Waals surface area contributed by atoms with E-state index in [0.29, 0.717) is 77.3 Å². The minimum Gasteiger partial charge on any atom is -0.481 e. The molecule has 556 valence electrons. The number of esters is 1. The van der Waals surface area contributed by atoms with Crippen molar-refractivity contribution in [1.82, 2.24) is 29.6 Å². The number of aryl methyl sites for hydroxylation is 4. The van der Waals surface area contributed by atoms with Crippen LogP contribution in [0.1, 0.15) is 175 Å². The van der Waals surface area contributed by atoms with Gasteiger partial charge in [-0.3, -0.25) is 28.8 Å². The van der Waals surface area contributed by atoms with E-state index in [1.807, 2.05) is 9.80 Å². The standard InChI is InChI=1S/C38H44F7N3O4.C36H40F7N3O4/c1-7-52-33(50)19-30(27-16-26(17-29(35(27)39)38(43,44)45)34-23(5)10-9-22(4)24(34)6)46-36(51)31(15-21(2)3)48-20-25(11-14-47-12-8-13-47)28(18-32(48)49)37(40,41)42;1-19(2)13-29(46-18-23(9-12-45-10-6-11-45)26(16-30(46)47)35(38,39)40)34(50)44-28(17-31(48)49)25-14-24(15-27(33(25)37)36(41,42)43)32-21(4)8-7-20(3)22(32)5/h9-10,16-18,20-21,30-31H,7-8,11-15,19H2,1-6H3,(H,46,51);7-8,14-16,18-19,28-29H,6,9-13,17H2,1-5H3,(H,44,50)(H,48,49)/t30-,31-;28-,29-/m00/s1. The summed E-state index contributed by atoms with van der Waals surface area (Å²) < 4.78 is 209. The first-order valence-electron chi connectivity index (χ1n) is 33.4. The van der Waals surface area contributed by atoms with Crippen molar-refractivity contribution in [2.24, 2.45) is 11.8 Å². The van der Waals surface area contributed by atoms with Crippen LogP contribution in [0.4, 0.5) is 61.5 Å². The number of nitrogens with zero attached hydrogens (tertiary/aromatic N) is 4. The van der Waals surface area contributed by atoms with E-state index in [-0.39, 0.29) is 72.9 Å². The molecule has 2 saturated heterocycles. The van der Waals surface area contributed by atoms with Gasteiger partial charge < -0.3 is 39.4 Å². The Balaban J connectivity index is 0.000000286. The number of hydrogen-bond acceptors (Lipinski definition) is 9. The molecule has 0 aliphatic carbocycles. The Morgan fingerprint density at radius 1 is 0.510 bits per heavy atom. The minimum atomic E-state index is -5.20. The number of hydrogen-bond donors (Lipinski definition) is 3. The average molecular weight is 1450 g/mol. The number of benzene rings is 4. The highest BCUT2D eigenvalue weighted by atomic mass is 19.4. The van der Waals surface area contributed by atoms with Crippen molar-refractivity contribution in [3.8, 4) is 22.3 Å². The van der Waals surface area contributed by atoms with Crippen molar-refractivity contribution >= 4 is 23.8 Å². The molecule has 0 saturated carbocycles. The van der Waals surface area contributed by atoms with E-state index in [1.165, 1.54) is 6.92 Å². The largest absolute Gasteiger partial charge is 0.481 e. The zero-order chi connectivity index (χ0) is 76.0. The van der Waals surface area contributed by atoms with Crippen molar-refractivity contribution in [1.29, 1.82) is 0 Å². The molecule has 28 heteroatoms. The van der Waals surface area contributed by atoms with Crippen LogP contribution in [0.15, 0.2) is 82.6 Å². The summed E-state index contributed by atoms with van der Waals surface area (Å²) in [5, 5.41) is 14.6. The molecule has 102 heavy (non-hydrogen) atoms. The summed E-state index contributed by atoms with van der Waals surface area (Å²) in [6.45, 7) is 21.8. The second-order valence-electron chi connectivity index (χ2n) is 27.1. The first-order valence-corrected chi connectivity index (χ1v) is 33.4. The Morgan fingerprint density at radius 2 is 0.853 bits per heavy atom. The predicted octanol–water partition coefficient (Wildman–Crippen LogP) is 16.0. The van der Waals surface area contributed by atoms with Crippen LogP contribution in [0.2, 0.25) is 0 Å². The number of alkyl halides is 12. The Hall–Kier alpha value is -8.40. The van der Waals surface area contributed by atoms with Crippen LogP contribution in [-0.2, 0) is 61.5 Å². The number of likely N-dealkylation sites (tertiary alicyclic amines) is 2. The van der Waals surface area contributed by atoms with Crippen LogP contribution in [0.3, 0.4) is 0 Å². The van der Waals surface area contributed by atoms with Gasteiger partial charge in [0.05, 0.1) is 53.8 Å². The fraction of sp³-hybridized carbons (Fsp3) is 0.486. The van der Waals surface area contributed by atoms with E-state index in [9.17, 15) is 86.6 Å². The molecular formula is C74H84F14N6O8. The fourth-order valence-corrected chi connectivity index (χ4v) is 12.8. The zero-order valence-corrected chi connectivity index (χ0v) is 58.4. The van der Waals surface area contributed by atoms with Gasteiger partial charge in [-0.15, -0.1) is 0 Å². The van der Waals surface area contributed by atoms with E-state index in [0.717, 1.165) is 70.7 Å². The third kappa shape index (κ3) is 19.9. The Kier molecular flexibility index (Phi) is 26.1. The monoisotopic (exact) mass is 1450 g/mol. The van der Waals surface area contributed by atoms with Gasteiger partial charge in [0.1, 0.15) is 23.7 Å². The molecular weight excluding hydrogens is 1370 g/mol. The van der Waals surface area contributed by atoms with Crippen LogP contribution in [-0.4, -0.2) is 93.7 Å². The highest BCUT2D eigenvalue weighted by Gasteiger charge is 2.42. The summed E-state index contributed by atoms with van der Waals surface area (Å²) >= 11 is 0. The van der Waals surface area contributed by atoms with Crippen LogP contribution in [0, 0.1) is 65.0 Å². The molecule has 4 heterocycles. The lowest BCUT2D eigenvalue weighted by atomic mass is 9.88. The number of pyridine rings is 2. The zero-order valence-electron chi connectivity index (χ0n) is 58.4. The Morgan fingerprint density at radius 3 is 1.16 bits per heavy atom. The molecule has 3 N–H and O–H groups in total. The number of carbonyl (C=O) groups is 4. The van der Waals surface area contributed by atoms with Gasteiger partial charge in [0.2, 0.25) is 11.8 Å². The van der Waals surface area contributed by atoms with E-state index in [2.05, 4.69) is 10.6 Å². The summed E-state index contributed by atoms with van der Waals surface area (Å²) in [6.07, 6.45) is -18.4. The predicted molar refractivity (Wildman–Crippen MR) is 355 cm³/mol. The topological polar surface area (TPSA) is 172 Å². The molecule has 0 radical (unpaired) electrons. The number of rotatable bonds is 25. The van der Waals surface area contributed by atoms with E-state index >= 15 is 8.78 Å². The van der Waals surface area contributed by atoms with Gasteiger partial charge in [-0.2, -0.15) is 52.7 Å². The minimum absolute atomic E-state index is 0.00457. The third-order valence-electron chi connectivity index (χ3n) is 18.6. The first-order chi connectivity index (χ1) is 47.4. The number of aromatic nitrogens is 2. The quantitative estimate of drug-likeness (QED) is 0.0370. The molecule has 4 aromatic carbocycles. The molecule has 8 rings (SSSR count). The SMILES string of the molecule is CCOC(=O)C[C@H](NC(=O)[C@H](CC(C)C)n1cc(CCN2CCC2)c(C(F)(F)F)cc1=O)c1cc(-c2c(C)ccc(C)c2C)cc(C(F)(F)F)c1F.Cc1ccc(C)c(-c2cc([C@H](CC(=O)O)NC(=O)[C@H](CC(C)C)n3cc(CCN4CCC4)c(C(F)(F)F)cc3=O)c(F)c(C(F)(F)F)c2)c1C. The maximum Gasteiger partial charge on any atom is 0.419 e. The normalized spacial score (nSPS) is 15.0. The molecule has 6 aromatic rings. The number of carbonyl (C=O) groups excluding carboxylic acids is 3. The van der Waals surface area contributed by atoms with Gasteiger partial charge in [0.25, 0.3) is 11.1 Å². The maximum absolute atomic E-state index is 16.1. The second-order valence-corrected chi connectivity index (χ2v) is 27.1. The van der Waals surface area contributed by atoms with Gasteiger partial charge in [0, 0.05) is 48.7 Å². The molecule has 2 amide bonds. The summed E-state index contributed by atoms with van der Waals surface area (Å²) in [5.41, 5.74) is -5.02. The average Bonchev–Trinajstić information content (AvgIpc) is 0.723. The molecule has 0 bridgehead atoms. The number of nitrogens with one attached hydrogen (secondary N) is 2. The highest BCUT2D eigenvalue weighted by Crippen LogP contribution is 2.44.